The predicted octanol–water partition coefficient (Wildman–Crippen LogP) is 20.1. The number of fused-ring (bicyclic) bond motifs is 5. The second-order valence-electron chi connectivity index (χ2n) is 20.5. The molecule has 0 aliphatic rings. The molecule has 73 heavy (non-hydrogen) atoms. The van der Waals surface area contributed by atoms with Crippen molar-refractivity contribution in [3.63, 3.8) is 0 Å². The first-order valence-electron chi connectivity index (χ1n) is 25.5. The third-order valence-corrected chi connectivity index (χ3v) is 15.0. The van der Waals surface area contributed by atoms with Gasteiger partial charge in [-0.2, -0.15) is 0 Å². The highest BCUT2D eigenvalue weighted by Gasteiger charge is 2.21. The molecule has 1 aromatic heterocycles. The molecule has 0 radical (unpaired) electrons. The van der Waals surface area contributed by atoms with E-state index >= 15 is 0 Å². The van der Waals surface area contributed by atoms with E-state index in [0.717, 1.165) is 0 Å². The van der Waals surface area contributed by atoms with Gasteiger partial charge in [0, 0.05) is 16.5 Å². The van der Waals surface area contributed by atoms with E-state index in [1.165, 1.54) is 132 Å². The van der Waals surface area contributed by atoms with Crippen LogP contribution in [-0.4, -0.2) is 4.57 Å². The summed E-state index contributed by atoms with van der Waals surface area (Å²) >= 11 is 0. The van der Waals surface area contributed by atoms with Crippen LogP contribution in [0.3, 0.4) is 0 Å². The minimum atomic E-state index is 0.0439. The van der Waals surface area contributed by atoms with Crippen LogP contribution in [0.5, 0.6) is 0 Å². The fourth-order valence-corrected chi connectivity index (χ4v) is 11.1. The number of benzene rings is 12. The molecule has 0 fully saturated rings. The lowest BCUT2D eigenvalue weighted by molar-refractivity contribution is 0.591. The average Bonchev–Trinajstić information content (AvgIpc) is 3.78. The minimum Gasteiger partial charge on any atom is -0.309 e. The number of para-hydroxylation sites is 1. The summed E-state index contributed by atoms with van der Waals surface area (Å²) in [4.78, 5) is 0. The van der Waals surface area contributed by atoms with Gasteiger partial charge in [-0.3, -0.25) is 0 Å². The lowest BCUT2D eigenvalue weighted by atomic mass is 9.83. The van der Waals surface area contributed by atoms with Crippen molar-refractivity contribution in [2.24, 2.45) is 0 Å². The van der Waals surface area contributed by atoms with Gasteiger partial charge in [0.1, 0.15) is 0 Å². The zero-order valence-electron chi connectivity index (χ0n) is 41.4. The van der Waals surface area contributed by atoms with Crippen molar-refractivity contribution in [1.82, 2.24) is 4.57 Å². The molecule has 0 aliphatic carbocycles. The van der Waals surface area contributed by atoms with Crippen molar-refractivity contribution in [1.29, 1.82) is 0 Å². The van der Waals surface area contributed by atoms with E-state index in [-0.39, 0.29) is 5.41 Å². The van der Waals surface area contributed by atoms with Crippen molar-refractivity contribution < 1.29 is 0 Å². The second kappa shape index (κ2) is 18.0. The standard InChI is InChI=1S/C72H53N/c1-72(2,3)60-39-43-69-65(47-60)64-44-59(38-42-68(64)73(69)61-22-14-7-15-23-61)54-26-24-52(25-27-54)53-30-34-56(35-31-53)71-63-41-37-57(49-18-10-5-11-19-49)45-66(63)70(55-32-28-51(29-33-55)48-16-8-4-9-17-48)62-40-36-58(46-67(62)71)50-20-12-6-13-21-50/h4-47H,1-3H3. The first-order valence-corrected chi connectivity index (χ1v) is 25.5. The number of hydrogen-bond acceptors (Lipinski definition) is 0. The molecular formula is C72H53N. The molecule has 0 aliphatic heterocycles. The molecule has 0 spiro atoms. The molecule has 0 N–H and O–H groups in total. The Morgan fingerprint density at radius 2 is 0.534 bits per heavy atom. The Balaban J connectivity index is 0.921. The van der Waals surface area contributed by atoms with Gasteiger partial charge in [0.2, 0.25) is 0 Å². The molecule has 0 atom stereocenters. The van der Waals surface area contributed by atoms with Crippen LogP contribution in [0.1, 0.15) is 26.3 Å². The molecule has 0 saturated carbocycles. The topological polar surface area (TPSA) is 4.93 Å². The van der Waals surface area contributed by atoms with Crippen molar-refractivity contribution in [3.8, 4) is 83.6 Å². The third kappa shape index (κ3) is 8.01. The maximum atomic E-state index is 2.42. The Bertz CT molecular complexity index is 4140. The molecule has 1 heteroatoms. The van der Waals surface area contributed by atoms with Gasteiger partial charge in [-0.25, -0.2) is 0 Å². The molecule has 0 saturated heterocycles. The van der Waals surface area contributed by atoms with Crippen LogP contribution in [0.15, 0.2) is 267 Å². The number of hydrogen-bond donors (Lipinski definition) is 0. The van der Waals surface area contributed by atoms with Crippen molar-refractivity contribution in [2.75, 3.05) is 0 Å². The molecule has 12 aromatic carbocycles. The largest absolute Gasteiger partial charge is 0.309 e. The maximum absolute atomic E-state index is 2.42. The Kier molecular flexibility index (Phi) is 10.8. The zero-order valence-corrected chi connectivity index (χ0v) is 41.4. The molecule has 0 unspecified atom stereocenters. The van der Waals surface area contributed by atoms with Gasteiger partial charge in [0.25, 0.3) is 0 Å². The highest BCUT2D eigenvalue weighted by atomic mass is 15.0. The molecule has 13 rings (SSSR count). The molecule has 1 heterocycles. The van der Waals surface area contributed by atoms with Gasteiger partial charge in [-0.15, -0.1) is 0 Å². The highest BCUT2D eigenvalue weighted by molar-refractivity contribution is 6.22. The Morgan fingerprint density at radius 1 is 0.233 bits per heavy atom. The smallest absolute Gasteiger partial charge is 0.0541 e. The quantitative estimate of drug-likeness (QED) is 0.134. The Labute approximate surface area is 427 Å². The summed E-state index contributed by atoms with van der Waals surface area (Å²) in [6, 6.07) is 98.6. The summed E-state index contributed by atoms with van der Waals surface area (Å²) in [5, 5.41) is 7.49. The summed E-state index contributed by atoms with van der Waals surface area (Å²) in [6.45, 7) is 6.88. The fraction of sp³-hybridized carbons (Fsp3) is 0.0556. The lowest BCUT2D eigenvalue weighted by Crippen LogP contribution is -2.10. The van der Waals surface area contributed by atoms with E-state index in [1.54, 1.807) is 0 Å². The number of aromatic nitrogens is 1. The molecule has 0 amide bonds. The van der Waals surface area contributed by atoms with Gasteiger partial charge in [0.15, 0.2) is 0 Å². The Hall–Kier alpha value is -9.04. The summed E-state index contributed by atoms with van der Waals surface area (Å²) in [6.07, 6.45) is 0. The van der Waals surface area contributed by atoms with E-state index in [4.69, 9.17) is 0 Å². The van der Waals surface area contributed by atoms with E-state index < -0.39 is 0 Å². The van der Waals surface area contributed by atoms with Gasteiger partial charge >= 0.3 is 0 Å². The molecular weight excluding hydrogens is 879 g/mol. The van der Waals surface area contributed by atoms with E-state index in [9.17, 15) is 0 Å². The van der Waals surface area contributed by atoms with Crippen LogP contribution in [0, 0.1) is 0 Å². The Morgan fingerprint density at radius 3 is 0.959 bits per heavy atom. The third-order valence-electron chi connectivity index (χ3n) is 15.0. The highest BCUT2D eigenvalue weighted by Crippen LogP contribution is 2.47. The molecule has 346 valence electrons. The summed E-state index contributed by atoms with van der Waals surface area (Å²) in [5.41, 5.74) is 21.9. The first-order chi connectivity index (χ1) is 35.8. The summed E-state index contributed by atoms with van der Waals surface area (Å²) in [7, 11) is 0. The van der Waals surface area contributed by atoms with Crippen LogP contribution in [0.4, 0.5) is 0 Å². The van der Waals surface area contributed by atoms with E-state index in [1.807, 2.05) is 0 Å². The first kappa shape index (κ1) is 43.9. The van der Waals surface area contributed by atoms with Crippen LogP contribution < -0.4 is 0 Å². The minimum absolute atomic E-state index is 0.0439. The van der Waals surface area contributed by atoms with Crippen molar-refractivity contribution in [2.45, 2.75) is 26.2 Å². The zero-order chi connectivity index (χ0) is 49.0. The van der Waals surface area contributed by atoms with E-state index in [0.29, 0.717) is 0 Å². The van der Waals surface area contributed by atoms with Crippen molar-refractivity contribution in [3.05, 3.63) is 272 Å². The summed E-state index contributed by atoms with van der Waals surface area (Å²) < 4.78 is 2.41. The van der Waals surface area contributed by atoms with Crippen LogP contribution in [-0.2, 0) is 5.41 Å². The van der Waals surface area contributed by atoms with Gasteiger partial charge in [-0.1, -0.05) is 239 Å². The van der Waals surface area contributed by atoms with Gasteiger partial charge in [-0.05, 0) is 159 Å². The van der Waals surface area contributed by atoms with Gasteiger partial charge in [0.05, 0.1) is 11.0 Å². The summed E-state index contributed by atoms with van der Waals surface area (Å²) in [5.74, 6) is 0. The normalized spacial score (nSPS) is 11.8. The fourth-order valence-electron chi connectivity index (χ4n) is 11.1. The number of nitrogens with zero attached hydrogens (tertiary/aromatic N) is 1. The second-order valence-corrected chi connectivity index (χ2v) is 20.5. The maximum Gasteiger partial charge on any atom is 0.0541 e. The molecule has 13 aromatic rings. The van der Waals surface area contributed by atoms with Gasteiger partial charge < -0.3 is 4.57 Å². The monoisotopic (exact) mass is 931 g/mol. The molecule has 0 bridgehead atoms. The van der Waals surface area contributed by atoms with Crippen molar-refractivity contribution >= 4 is 43.4 Å². The SMILES string of the molecule is CC(C)(C)c1ccc2c(c1)c1cc(-c3ccc(-c4ccc(-c5c6ccc(-c7ccccc7)cc6c(-c6ccc(-c7ccccc7)cc6)c6ccc(-c7ccccc7)cc56)cc4)cc3)ccc1n2-c1ccccc1. The van der Waals surface area contributed by atoms with Crippen LogP contribution in [0.25, 0.3) is 127 Å². The average molecular weight is 932 g/mol. The molecule has 1 nitrogen and oxygen atoms in total. The van der Waals surface area contributed by atoms with Crippen LogP contribution >= 0.6 is 0 Å². The lowest BCUT2D eigenvalue weighted by Gasteiger charge is -2.20. The van der Waals surface area contributed by atoms with Crippen LogP contribution in [0.2, 0.25) is 0 Å². The number of rotatable bonds is 8. The van der Waals surface area contributed by atoms with E-state index in [2.05, 4.69) is 292 Å². The predicted molar refractivity (Wildman–Crippen MR) is 313 cm³/mol.